The molecule has 3 N–H and O–H groups in total. The van der Waals surface area contributed by atoms with Crippen molar-refractivity contribution in [2.75, 3.05) is 11.9 Å². The fourth-order valence-electron chi connectivity index (χ4n) is 3.51. The van der Waals surface area contributed by atoms with Crippen LogP contribution in [0.25, 0.3) is 0 Å². The highest BCUT2D eigenvalue weighted by molar-refractivity contribution is 6.53. The average Bonchev–Trinajstić information content (AvgIpc) is 3.07. The van der Waals surface area contributed by atoms with Gasteiger partial charge < -0.3 is 10.6 Å². The largest absolute Gasteiger partial charge is 0.338 e. The lowest BCUT2D eigenvalue weighted by atomic mass is 10.1. The molecule has 12 heteroatoms. The van der Waals surface area contributed by atoms with Crippen molar-refractivity contribution < 1.29 is 19.2 Å². The molecule has 0 aromatic heterocycles. The maximum atomic E-state index is 12.9. The zero-order chi connectivity index (χ0) is 23.2. The van der Waals surface area contributed by atoms with Crippen molar-refractivity contribution in [1.82, 2.24) is 10.8 Å². The fraction of sp³-hybridized carbons (Fsp3) is 0.250. The second-order valence-electron chi connectivity index (χ2n) is 7.32. The number of anilines is 1. The van der Waals surface area contributed by atoms with Gasteiger partial charge in [-0.2, -0.15) is 0 Å². The molecule has 3 amide bonds. The molecule has 3 unspecified atom stereocenters. The Morgan fingerprint density at radius 2 is 1.75 bits per heavy atom. The quantitative estimate of drug-likeness (QED) is 0.495. The highest BCUT2D eigenvalue weighted by Gasteiger charge is 2.67. The number of halogens is 5. The summed E-state index contributed by atoms with van der Waals surface area (Å²) in [5, 5.41) is 6.15. The monoisotopic (exact) mass is 535 g/mol. The van der Waals surface area contributed by atoms with Crippen molar-refractivity contribution in [3.8, 4) is 0 Å². The van der Waals surface area contributed by atoms with Crippen LogP contribution in [0.1, 0.15) is 21.8 Å². The van der Waals surface area contributed by atoms with Crippen LogP contribution in [0.2, 0.25) is 15.1 Å². The van der Waals surface area contributed by atoms with E-state index in [1.165, 1.54) is 18.2 Å². The van der Waals surface area contributed by atoms with Gasteiger partial charge in [-0.3, -0.25) is 19.2 Å². The average molecular weight is 538 g/mol. The number of nitrogens with one attached hydrogen (secondary N) is 3. The number of amides is 3. The summed E-state index contributed by atoms with van der Waals surface area (Å²) >= 11 is 31.0. The van der Waals surface area contributed by atoms with Crippen molar-refractivity contribution in [2.45, 2.75) is 16.3 Å². The molecule has 1 saturated carbocycles. The predicted molar refractivity (Wildman–Crippen MR) is 123 cm³/mol. The number of carbonyl (C=O) groups is 3. The predicted octanol–water partition coefficient (Wildman–Crippen LogP) is 4.33. The zero-order valence-corrected chi connectivity index (χ0v) is 19.7. The minimum Gasteiger partial charge on any atom is -0.338 e. The molecule has 2 aliphatic rings. The molecular formula is C20H14Cl5N3O4. The SMILES string of the molecule is O=C(NC1CONC1=O)c1cc(NC(=O)C2C(c3cc(Cl)cc(Cl)c3)C2(Cl)Cl)ccc1Cl. The fourth-order valence-corrected chi connectivity index (χ4v) is 5.08. The molecule has 1 aliphatic carbocycles. The van der Waals surface area contributed by atoms with Gasteiger partial charge in [0.25, 0.3) is 11.8 Å². The van der Waals surface area contributed by atoms with Crippen LogP contribution in [-0.4, -0.2) is 34.7 Å². The highest BCUT2D eigenvalue weighted by Crippen LogP contribution is 2.65. The van der Waals surface area contributed by atoms with Crippen LogP contribution < -0.4 is 16.1 Å². The molecule has 1 aliphatic heterocycles. The second-order valence-corrected chi connectivity index (χ2v) is 10.0. The first-order valence-electron chi connectivity index (χ1n) is 9.24. The number of alkyl halides is 2. The number of hydrogen-bond donors (Lipinski definition) is 3. The van der Waals surface area contributed by atoms with Crippen LogP contribution in [0.3, 0.4) is 0 Å². The molecule has 0 radical (unpaired) electrons. The summed E-state index contributed by atoms with van der Waals surface area (Å²) < 4.78 is -1.35. The number of rotatable bonds is 5. The Hall–Kier alpha value is -1.74. The summed E-state index contributed by atoms with van der Waals surface area (Å²) in [7, 11) is 0. The van der Waals surface area contributed by atoms with Crippen molar-refractivity contribution in [2.24, 2.45) is 5.92 Å². The third kappa shape index (κ3) is 4.64. The first kappa shape index (κ1) is 23.4. The van der Waals surface area contributed by atoms with Crippen LogP contribution in [0, 0.1) is 5.92 Å². The highest BCUT2D eigenvalue weighted by atomic mass is 35.5. The van der Waals surface area contributed by atoms with E-state index in [1.807, 2.05) is 0 Å². The lowest BCUT2D eigenvalue weighted by molar-refractivity contribution is -0.125. The topological polar surface area (TPSA) is 96.5 Å². The van der Waals surface area contributed by atoms with E-state index in [0.29, 0.717) is 21.3 Å². The molecule has 32 heavy (non-hydrogen) atoms. The maximum absolute atomic E-state index is 12.9. The summed E-state index contributed by atoms with van der Waals surface area (Å²) in [4.78, 5) is 41.8. The lowest BCUT2D eigenvalue weighted by Crippen LogP contribution is -2.41. The van der Waals surface area contributed by atoms with E-state index in [-0.39, 0.29) is 17.2 Å². The zero-order valence-electron chi connectivity index (χ0n) is 15.9. The van der Waals surface area contributed by atoms with Gasteiger partial charge in [-0.05, 0) is 42.0 Å². The van der Waals surface area contributed by atoms with E-state index >= 15 is 0 Å². The summed E-state index contributed by atoms with van der Waals surface area (Å²) in [6.45, 7) is -0.0112. The lowest BCUT2D eigenvalue weighted by Gasteiger charge is -2.12. The molecule has 7 nitrogen and oxygen atoms in total. The van der Waals surface area contributed by atoms with E-state index in [9.17, 15) is 14.4 Å². The number of benzene rings is 2. The molecule has 0 spiro atoms. The molecule has 4 rings (SSSR count). The van der Waals surface area contributed by atoms with Gasteiger partial charge in [-0.1, -0.05) is 34.8 Å². The van der Waals surface area contributed by atoms with Crippen molar-refractivity contribution in [1.29, 1.82) is 0 Å². The van der Waals surface area contributed by atoms with Gasteiger partial charge in [0.1, 0.15) is 17.0 Å². The van der Waals surface area contributed by atoms with E-state index < -0.39 is 39.9 Å². The van der Waals surface area contributed by atoms with Gasteiger partial charge in [0.2, 0.25) is 5.91 Å². The molecule has 2 aromatic carbocycles. The minimum absolute atomic E-state index is 0.0112. The van der Waals surface area contributed by atoms with Crippen LogP contribution in [0.5, 0.6) is 0 Å². The van der Waals surface area contributed by atoms with E-state index in [4.69, 9.17) is 62.8 Å². The van der Waals surface area contributed by atoms with Gasteiger partial charge >= 0.3 is 0 Å². The van der Waals surface area contributed by atoms with Gasteiger partial charge in [-0.25, -0.2) is 5.48 Å². The summed E-state index contributed by atoms with van der Waals surface area (Å²) in [5.41, 5.74) is 3.16. The van der Waals surface area contributed by atoms with Gasteiger partial charge in [-0.15, -0.1) is 23.2 Å². The Labute approximate surface area is 207 Å². The first-order chi connectivity index (χ1) is 15.1. The summed E-state index contributed by atoms with van der Waals surface area (Å²) in [5.74, 6) is -2.81. The van der Waals surface area contributed by atoms with Crippen molar-refractivity contribution in [3.05, 3.63) is 62.6 Å². The standard InChI is InChI=1S/C20H14Cl5N3O4/c21-9-3-8(4-10(22)5-9)15-16(20(15,24)25)19(31)26-11-1-2-13(23)12(6-11)17(29)27-14-7-32-28-18(14)30/h1-6,14-16H,7H2,(H,26,31)(H,27,29)(H,28,30). The molecule has 1 heterocycles. The molecule has 2 fully saturated rings. The third-order valence-electron chi connectivity index (χ3n) is 5.10. The summed E-state index contributed by atoms with van der Waals surface area (Å²) in [6.07, 6.45) is 0. The molecule has 0 bridgehead atoms. The van der Waals surface area contributed by atoms with E-state index in [1.54, 1.807) is 18.2 Å². The van der Waals surface area contributed by atoms with Gasteiger partial charge in [0, 0.05) is 21.7 Å². The summed E-state index contributed by atoms with van der Waals surface area (Å²) in [6, 6.07) is 8.39. The third-order valence-corrected chi connectivity index (χ3v) is 6.81. The van der Waals surface area contributed by atoms with Gasteiger partial charge in [0.15, 0.2) is 0 Å². The molecule has 168 valence electrons. The minimum atomic E-state index is -1.35. The Kier molecular flexibility index (Phi) is 6.51. The second kappa shape index (κ2) is 8.89. The van der Waals surface area contributed by atoms with E-state index in [2.05, 4.69) is 16.1 Å². The van der Waals surface area contributed by atoms with Gasteiger partial charge in [0.05, 0.1) is 16.5 Å². The Bertz CT molecular complexity index is 1110. The number of carbonyl (C=O) groups excluding carboxylic acids is 3. The Morgan fingerprint density at radius 1 is 1.06 bits per heavy atom. The van der Waals surface area contributed by atoms with Crippen LogP contribution in [-0.2, 0) is 14.4 Å². The Morgan fingerprint density at radius 3 is 2.38 bits per heavy atom. The maximum Gasteiger partial charge on any atom is 0.268 e. The molecule has 3 atom stereocenters. The molecule has 2 aromatic rings. The smallest absolute Gasteiger partial charge is 0.268 e. The number of hydrogen-bond acceptors (Lipinski definition) is 4. The van der Waals surface area contributed by atoms with Crippen LogP contribution in [0.4, 0.5) is 5.69 Å². The number of hydroxylamine groups is 1. The first-order valence-corrected chi connectivity index (χ1v) is 11.1. The normalized spacial score (nSPS) is 23.4. The Balaban J connectivity index is 1.49. The van der Waals surface area contributed by atoms with Crippen molar-refractivity contribution >= 4 is 81.4 Å². The van der Waals surface area contributed by atoms with Crippen LogP contribution >= 0.6 is 58.0 Å². The van der Waals surface area contributed by atoms with Crippen molar-refractivity contribution in [3.63, 3.8) is 0 Å². The van der Waals surface area contributed by atoms with Crippen LogP contribution in [0.15, 0.2) is 36.4 Å². The molecule has 1 saturated heterocycles. The van der Waals surface area contributed by atoms with E-state index in [0.717, 1.165) is 0 Å². The molecular weight excluding hydrogens is 524 g/mol.